The molecule has 1 N–H and O–H groups in total. The summed E-state index contributed by atoms with van der Waals surface area (Å²) in [6.45, 7) is 0. The average molecular weight is 283 g/mol. The minimum Gasteiger partial charge on any atom is -0.748 e. The van der Waals surface area contributed by atoms with Gasteiger partial charge in [-0.3, -0.25) is 0 Å². The molecule has 1 unspecified atom stereocenters. The largest absolute Gasteiger partial charge is 0.748 e. The number of aromatic nitrogens is 1. The van der Waals surface area contributed by atoms with Crippen LogP contribution >= 0.6 is 0 Å². The molecule has 0 aliphatic carbocycles. The molecule has 7 nitrogen and oxygen atoms in total. The number of carbonyl (C=O) groups excluding carboxylic acids is 1. The molecule has 1 aromatic carbocycles. The minimum absolute atomic E-state index is 0.325. The number of aromatic amines is 1. The van der Waals surface area contributed by atoms with E-state index in [4.69, 9.17) is 0 Å². The van der Waals surface area contributed by atoms with E-state index in [1.807, 2.05) is 0 Å². The predicted molar refractivity (Wildman–Crippen MR) is 68.0 cm³/mol. The first kappa shape index (κ1) is 13.5. The van der Waals surface area contributed by atoms with E-state index < -0.39 is 17.3 Å². The van der Waals surface area contributed by atoms with Gasteiger partial charge in [0.05, 0.1) is 12.8 Å². The monoisotopic (exact) mass is 283 g/mol. The van der Waals surface area contributed by atoms with Crippen LogP contribution in [0.2, 0.25) is 0 Å². The SMILES string of the molecule is COC(=O)c1cc2ccc(N(C)OS(=O)[O-])cc2[nH]1. The number of carbonyl (C=O) groups is 1. The van der Waals surface area contributed by atoms with Gasteiger partial charge in [-0.2, -0.15) is 4.28 Å². The van der Waals surface area contributed by atoms with E-state index in [0.29, 0.717) is 16.9 Å². The number of methoxy groups -OCH3 is 1. The number of hydroxylamine groups is 1. The standard InChI is InChI=1S/C11H12N2O5S/c1-13(18-19(15)16)8-4-3-7-5-10(11(14)17-2)12-9(7)6-8/h3-6,12H,1-2H3,(H,15,16)/p-1. The van der Waals surface area contributed by atoms with Crippen molar-refractivity contribution in [2.24, 2.45) is 0 Å². The lowest BCUT2D eigenvalue weighted by Crippen LogP contribution is -2.18. The summed E-state index contributed by atoms with van der Waals surface area (Å²) in [5, 5.41) is 1.90. The number of rotatable bonds is 4. The van der Waals surface area contributed by atoms with Gasteiger partial charge >= 0.3 is 5.97 Å². The van der Waals surface area contributed by atoms with E-state index in [9.17, 15) is 13.6 Å². The van der Waals surface area contributed by atoms with Gasteiger partial charge in [0.15, 0.2) is 0 Å². The summed E-state index contributed by atoms with van der Waals surface area (Å²) in [6.07, 6.45) is 0. The van der Waals surface area contributed by atoms with E-state index in [-0.39, 0.29) is 0 Å². The fourth-order valence-electron chi connectivity index (χ4n) is 1.67. The zero-order valence-electron chi connectivity index (χ0n) is 10.2. The molecule has 1 aromatic heterocycles. The molecule has 0 bridgehead atoms. The second-order valence-corrected chi connectivity index (χ2v) is 4.28. The molecule has 0 fully saturated rings. The Morgan fingerprint density at radius 3 is 2.79 bits per heavy atom. The van der Waals surface area contributed by atoms with Crippen molar-refractivity contribution in [3.8, 4) is 0 Å². The van der Waals surface area contributed by atoms with Crippen molar-refractivity contribution in [3.05, 3.63) is 30.0 Å². The molecule has 0 aliphatic rings. The fourth-order valence-corrected chi connectivity index (χ4v) is 1.93. The Balaban J connectivity index is 2.35. The van der Waals surface area contributed by atoms with Gasteiger partial charge in [-0.25, -0.2) is 14.1 Å². The molecule has 0 spiro atoms. The van der Waals surface area contributed by atoms with Crippen molar-refractivity contribution in [1.29, 1.82) is 0 Å². The Kier molecular flexibility index (Phi) is 3.84. The highest BCUT2D eigenvalue weighted by molar-refractivity contribution is 7.74. The summed E-state index contributed by atoms with van der Waals surface area (Å²) in [7, 11) is 2.76. The van der Waals surface area contributed by atoms with Gasteiger partial charge in [0.25, 0.3) is 0 Å². The number of hydrogen-bond donors (Lipinski definition) is 1. The van der Waals surface area contributed by atoms with Crippen molar-refractivity contribution in [1.82, 2.24) is 4.98 Å². The summed E-state index contributed by atoms with van der Waals surface area (Å²) < 4.78 is 30.0. The lowest BCUT2D eigenvalue weighted by Gasteiger charge is -2.18. The maximum atomic E-state index is 11.4. The third-order valence-electron chi connectivity index (χ3n) is 2.55. The number of nitrogens with zero attached hydrogens (tertiary/aromatic N) is 1. The van der Waals surface area contributed by atoms with Crippen LogP contribution in [0.3, 0.4) is 0 Å². The maximum absolute atomic E-state index is 11.4. The van der Waals surface area contributed by atoms with Crippen molar-refractivity contribution >= 4 is 33.9 Å². The van der Waals surface area contributed by atoms with E-state index in [1.54, 1.807) is 24.3 Å². The molecule has 1 heterocycles. The number of hydrogen-bond acceptors (Lipinski definition) is 6. The first-order valence-electron chi connectivity index (χ1n) is 5.24. The summed E-state index contributed by atoms with van der Waals surface area (Å²) in [5.41, 5.74) is 1.52. The number of benzene rings is 1. The fraction of sp³-hybridized carbons (Fsp3) is 0.182. The highest BCUT2D eigenvalue weighted by atomic mass is 32.2. The zero-order chi connectivity index (χ0) is 14.0. The molecule has 102 valence electrons. The second kappa shape index (κ2) is 5.39. The third kappa shape index (κ3) is 2.92. The summed E-state index contributed by atoms with van der Waals surface area (Å²) in [5.74, 6) is -0.469. The van der Waals surface area contributed by atoms with E-state index in [1.165, 1.54) is 14.2 Å². The highest BCUT2D eigenvalue weighted by Gasteiger charge is 2.10. The van der Waals surface area contributed by atoms with Crippen molar-refractivity contribution in [3.63, 3.8) is 0 Å². The Hall–Kier alpha value is -1.90. The molecule has 0 aliphatic heterocycles. The predicted octanol–water partition coefficient (Wildman–Crippen LogP) is 1.12. The van der Waals surface area contributed by atoms with Crippen molar-refractivity contribution in [2.45, 2.75) is 0 Å². The quantitative estimate of drug-likeness (QED) is 0.513. The molecule has 2 aromatic rings. The average Bonchev–Trinajstić information content (AvgIpc) is 2.79. The van der Waals surface area contributed by atoms with E-state index >= 15 is 0 Å². The molecular weight excluding hydrogens is 272 g/mol. The second-order valence-electron chi connectivity index (χ2n) is 3.72. The number of fused-ring (bicyclic) bond motifs is 1. The summed E-state index contributed by atoms with van der Waals surface area (Å²) in [6, 6.07) is 6.72. The third-order valence-corrected chi connectivity index (χ3v) is 2.89. The van der Waals surface area contributed by atoms with Gasteiger partial charge in [0, 0.05) is 18.0 Å². The number of esters is 1. The maximum Gasteiger partial charge on any atom is 0.354 e. The van der Waals surface area contributed by atoms with Gasteiger partial charge in [-0.05, 0) is 18.2 Å². The van der Waals surface area contributed by atoms with Gasteiger partial charge in [-0.1, -0.05) is 6.07 Å². The highest BCUT2D eigenvalue weighted by Crippen LogP contribution is 2.22. The Morgan fingerprint density at radius 2 is 2.16 bits per heavy atom. The minimum atomic E-state index is -2.64. The molecule has 0 saturated carbocycles. The topological polar surface area (TPSA) is 94.7 Å². The number of nitrogens with one attached hydrogen (secondary N) is 1. The summed E-state index contributed by atoms with van der Waals surface area (Å²) in [4.78, 5) is 14.3. The lowest BCUT2D eigenvalue weighted by molar-refractivity contribution is 0.0595. The molecule has 2 rings (SSSR count). The molecule has 8 heteroatoms. The van der Waals surface area contributed by atoms with Crippen LogP contribution in [0.1, 0.15) is 10.5 Å². The van der Waals surface area contributed by atoms with Crippen LogP contribution in [0.15, 0.2) is 24.3 Å². The molecule has 0 amide bonds. The number of anilines is 1. The van der Waals surface area contributed by atoms with Crippen LogP contribution in [0.25, 0.3) is 10.9 Å². The lowest BCUT2D eigenvalue weighted by atomic mass is 10.2. The normalized spacial score (nSPS) is 12.4. The number of H-pyrrole nitrogens is 1. The van der Waals surface area contributed by atoms with Crippen molar-refractivity contribution in [2.75, 3.05) is 19.2 Å². The molecule has 1 atom stereocenters. The van der Waals surface area contributed by atoms with Gasteiger partial charge in [-0.15, -0.1) is 0 Å². The van der Waals surface area contributed by atoms with Gasteiger partial charge in [0.1, 0.15) is 17.1 Å². The van der Waals surface area contributed by atoms with Crippen LogP contribution in [0.5, 0.6) is 0 Å². The molecule has 19 heavy (non-hydrogen) atoms. The van der Waals surface area contributed by atoms with Crippen LogP contribution in [0.4, 0.5) is 5.69 Å². The van der Waals surface area contributed by atoms with Gasteiger partial charge < -0.3 is 14.3 Å². The van der Waals surface area contributed by atoms with E-state index in [0.717, 1.165) is 10.4 Å². The molecular formula is C11H11N2O5S-. The Bertz CT molecular complexity index is 639. The molecule has 0 saturated heterocycles. The van der Waals surface area contributed by atoms with Crippen LogP contribution in [-0.2, 0) is 20.4 Å². The first-order chi connectivity index (χ1) is 9.01. The van der Waals surface area contributed by atoms with E-state index in [2.05, 4.69) is 14.0 Å². The Morgan fingerprint density at radius 1 is 1.42 bits per heavy atom. The van der Waals surface area contributed by atoms with Gasteiger partial charge in [0.2, 0.25) is 0 Å². The summed E-state index contributed by atoms with van der Waals surface area (Å²) >= 11 is -2.64. The van der Waals surface area contributed by atoms with Crippen LogP contribution < -0.4 is 5.06 Å². The smallest absolute Gasteiger partial charge is 0.354 e. The number of ether oxygens (including phenoxy) is 1. The zero-order valence-corrected chi connectivity index (χ0v) is 11.0. The first-order valence-corrected chi connectivity index (χ1v) is 6.24. The van der Waals surface area contributed by atoms with Crippen LogP contribution in [0, 0.1) is 0 Å². The Labute approximate surface area is 111 Å². The van der Waals surface area contributed by atoms with Crippen molar-refractivity contribution < 1.29 is 22.6 Å². The van der Waals surface area contributed by atoms with Crippen LogP contribution in [-0.4, -0.2) is 33.9 Å². The molecule has 0 radical (unpaired) electrons.